The summed E-state index contributed by atoms with van der Waals surface area (Å²) in [5, 5.41) is 20.4. The summed E-state index contributed by atoms with van der Waals surface area (Å²) in [6.07, 6.45) is 2.20. The summed E-state index contributed by atoms with van der Waals surface area (Å²) in [6.45, 7) is 5.71. The summed E-state index contributed by atoms with van der Waals surface area (Å²) in [4.78, 5) is 34.4. The number of nitrogens with one attached hydrogen (secondary N) is 1. The normalized spacial score (nSPS) is 11.2. The highest BCUT2D eigenvalue weighted by atomic mass is 16.6. The molecule has 0 aliphatic heterocycles. The standard InChI is InChI=1S/C21H32N2O7/c1-21(2,3)30-20(28)22-11-5-4-6-16-7-9-17(10-8-16)29-13-12-23(14-18(24)25)15-19(26)27/h7-10H,4-6,11-15H2,1-3H3,(H,22,28)(H,24,25)(H,26,27). The molecule has 1 rings (SSSR count). The number of aliphatic carboxylic acids is 2. The Bertz CT molecular complexity index is 668. The number of aryl methyl sites for hydroxylation is 1. The molecule has 0 saturated carbocycles. The second-order valence-electron chi connectivity index (χ2n) is 7.88. The fourth-order valence-corrected chi connectivity index (χ4v) is 2.60. The molecule has 168 valence electrons. The van der Waals surface area contributed by atoms with Crippen LogP contribution in [0.3, 0.4) is 0 Å². The summed E-state index contributed by atoms with van der Waals surface area (Å²) < 4.78 is 10.8. The topological polar surface area (TPSA) is 125 Å². The van der Waals surface area contributed by atoms with Gasteiger partial charge >= 0.3 is 18.0 Å². The van der Waals surface area contributed by atoms with Gasteiger partial charge in [0.25, 0.3) is 0 Å². The minimum absolute atomic E-state index is 0.191. The molecule has 0 unspecified atom stereocenters. The molecule has 0 fully saturated rings. The highest BCUT2D eigenvalue weighted by Gasteiger charge is 2.15. The van der Waals surface area contributed by atoms with Crippen molar-refractivity contribution in [3.05, 3.63) is 29.8 Å². The fraction of sp³-hybridized carbons (Fsp3) is 0.571. The number of carboxylic acid groups (broad SMARTS) is 2. The maximum absolute atomic E-state index is 11.6. The molecule has 1 aromatic rings. The third kappa shape index (κ3) is 12.6. The number of unbranched alkanes of at least 4 members (excludes halogenated alkanes) is 1. The average Bonchev–Trinajstić information content (AvgIpc) is 2.60. The molecule has 0 spiro atoms. The Morgan fingerprint density at radius 1 is 1.00 bits per heavy atom. The van der Waals surface area contributed by atoms with E-state index < -0.39 is 23.6 Å². The van der Waals surface area contributed by atoms with Crippen molar-refractivity contribution >= 4 is 18.0 Å². The predicted octanol–water partition coefficient (Wildman–Crippen LogP) is 2.38. The largest absolute Gasteiger partial charge is 0.492 e. The molecule has 1 aromatic carbocycles. The van der Waals surface area contributed by atoms with Crippen molar-refractivity contribution < 1.29 is 34.1 Å². The lowest BCUT2D eigenvalue weighted by atomic mass is 10.1. The third-order valence-corrected chi connectivity index (χ3v) is 3.88. The Hall–Kier alpha value is -2.81. The first-order valence-electron chi connectivity index (χ1n) is 9.89. The number of carboxylic acids is 2. The van der Waals surface area contributed by atoms with Crippen molar-refractivity contribution in [2.24, 2.45) is 0 Å². The molecule has 0 bridgehead atoms. The van der Waals surface area contributed by atoms with E-state index in [1.54, 1.807) is 0 Å². The van der Waals surface area contributed by atoms with Gasteiger partial charge in [-0.25, -0.2) is 4.79 Å². The Morgan fingerprint density at radius 2 is 1.60 bits per heavy atom. The van der Waals surface area contributed by atoms with Crippen molar-refractivity contribution in [2.45, 2.75) is 45.6 Å². The monoisotopic (exact) mass is 424 g/mol. The van der Waals surface area contributed by atoms with Gasteiger partial charge in [0.1, 0.15) is 18.0 Å². The first-order chi connectivity index (χ1) is 14.0. The van der Waals surface area contributed by atoms with Gasteiger partial charge < -0.3 is 25.0 Å². The van der Waals surface area contributed by atoms with E-state index in [1.165, 1.54) is 4.90 Å². The zero-order chi connectivity index (χ0) is 22.6. The number of nitrogens with zero attached hydrogens (tertiary/aromatic N) is 1. The van der Waals surface area contributed by atoms with Gasteiger partial charge in [-0.2, -0.15) is 0 Å². The van der Waals surface area contributed by atoms with Gasteiger partial charge in [-0.1, -0.05) is 12.1 Å². The van der Waals surface area contributed by atoms with Crippen LogP contribution in [0.5, 0.6) is 5.75 Å². The van der Waals surface area contributed by atoms with Crippen molar-refractivity contribution in [1.29, 1.82) is 0 Å². The molecule has 3 N–H and O–H groups in total. The van der Waals surface area contributed by atoms with Crippen LogP contribution in [0, 0.1) is 0 Å². The number of amides is 1. The van der Waals surface area contributed by atoms with Crippen molar-refractivity contribution in [3.63, 3.8) is 0 Å². The molecule has 30 heavy (non-hydrogen) atoms. The van der Waals surface area contributed by atoms with E-state index in [2.05, 4.69) is 5.32 Å². The number of rotatable bonds is 13. The van der Waals surface area contributed by atoms with Crippen LogP contribution in [0.15, 0.2) is 24.3 Å². The fourth-order valence-electron chi connectivity index (χ4n) is 2.60. The summed E-state index contributed by atoms with van der Waals surface area (Å²) in [6, 6.07) is 7.55. The van der Waals surface area contributed by atoms with E-state index in [1.807, 2.05) is 45.0 Å². The molecule has 0 aromatic heterocycles. The average molecular weight is 424 g/mol. The van der Waals surface area contributed by atoms with Crippen LogP contribution in [0.25, 0.3) is 0 Å². The Balaban J connectivity index is 2.27. The molecule has 0 radical (unpaired) electrons. The first kappa shape index (κ1) is 25.2. The molecular weight excluding hydrogens is 392 g/mol. The molecule has 0 saturated heterocycles. The number of carbonyl (C=O) groups excluding carboxylic acids is 1. The van der Waals surface area contributed by atoms with Gasteiger partial charge in [0.05, 0.1) is 13.1 Å². The number of carbonyl (C=O) groups is 3. The maximum atomic E-state index is 11.6. The smallest absolute Gasteiger partial charge is 0.407 e. The Labute approximate surface area is 177 Å². The summed E-state index contributed by atoms with van der Waals surface area (Å²) >= 11 is 0. The van der Waals surface area contributed by atoms with E-state index in [-0.39, 0.29) is 26.2 Å². The van der Waals surface area contributed by atoms with Crippen molar-refractivity contribution in [2.75, 3.05) is 32.8 Å². The van der Waals surface area contributed by atoms with Gasteiger partial charge in [-0.15, -0.1) is 0 Å². The maximum Gasteiger partial charge on any atom is 0.407 e. The van der Waals surface area contributed by atoms with Crippen LogP contribution >= 0.6 is 0 Å². The van der Waals surface area contributed by atoms with Crippen molar-refractivity contribution in [1.82, 2.24) is 10.2 Å². The molecule has 0 atom stereocenters. The van der Waals surface area contributed by atoms with E-state index in [9.17, 15) is 14.4 Å². The third-order valence-electron chi connectivity index (χ3n) is 3.88. The minimum Gasteiger partial charge on any atom is -0.492 e. The van der Waals surface area contributed by atoms with Crippen LogP contribution in [0.2, 0.25) is 0 Å². The minimum atomic E-state index is -1.08. The quantitative estimate of drug-likeness (QED) is 0.412. The highest BCUT2D eigenvalue weighted by Crippen LogP contribution is 2.14. The van der Waals surface area contributed by atoms with Crippen LogP contribution in [-0.4, -0.2) is 71.5 Å². The molecule has 0 aliphatic rings. The number of benzene rings is 1. The molecule has 9 heteroatoms. The lowest BCUT2D eigenvalue weighted by Crippen LogP contribution is -2.37. The van der Waals surface area contributed by atoms with Crippen molar-refractivity contribution in [3.8, 4) is 5.75 Å². The molecule has 1 amide bonds. The number of ether oxygens (including phenoxy) is 2. The van der Waals surface area contributed by atoms with E-state index in [0.717, 1.165) is 24.8 Å². The summed E-state index contributed by atoms with van der Waals surface area (Å²) in [5.41, 5.74) is 0.636. The summed E-state index contributed by atoms with van der Waals surface area (Å²) in [5.74, 6) is -1.53. The molecular formula is C21H32N2O7. The first-order valence-corrected chi connectivity index (χ1v) is 9.89. The highest BCUT2D eigenvalue weighted by molar-refractivity contribution is 5.72. The van der Waals surface area contributed by atoms with E-state index in [4.69, 9.17) is 19.7 Å². The Morgan fingerprint density at radius 3 is 2.13 bits per heavy atom. The van der Waals surface area contributed by atoms with Gasteiger partial charge in [0, 0.05) is 13.1 Å². The SMILES string of the molecule is CC(C)(C)OC(=O)NCCCCc1ccc(OCCN(CC(=O)O)CC(=O)O)cc1. The molecule has 9 nitrogen and oxygen atoms in total. The molecule has 0 heterocycles. The number of alkyl carbamates (subject to hydrolysis) is 1. The number of hydrogen-bond acceptors (Lipinski definition) is 6. The van der Waals surface area contributed by atoms with Crippen LogP contribution < -0.4 is 10.1 Å². The lowest BCUT2D eigenvalue weighted by molar-refractivity contribution is -0.141. The number of hydrogen-bond donors (Lipinski definition) is 3. The van der Waals surface area contributed by atoms with Crippen LogP contribution in [-0.2, 0) is 20.7 Å². The predicted molar refractivity (Wildman–Crippen MR) is 111 cm³/mol. The van der Waals surface area contributed by atoms with Crippen LogP contribution in [0.4, 0.5) is 4.79 Å². The second kappa shape index (κ2) is 12.7. The second-order valence-corrected chi connectivity index (χ2v) is 7.88. The molecule has 0 aliphatic carbocycles. The van der Waals surface area contributed by atoms with E-state index >= 15 is 0 Å². The zero-order valence-corrected chi connectivity index (χ0v) is 17.8. The lowest BCUT2D eigenvalue weighted by Gasteiger charge is -2.19. The van der Waals surface area contributed by atoms with E-state index in [0.29, 0.717) is 12.3 Å². The van der Waals surface area contributed by atoms with Gasteiger partial charge in [0.2, 0.25) is 0 Å². The summed E-state index contributed by atoms with van der Waals surface area (Å²) in [7, 11) is 0. The van der Waals surface area contributed by atoms with Crippen LogP contribution in [0.1, 0.15) is 39.2 Å². The zero-order valence-electron chi connectivity index (χ0n) is 17.8. The van der Waals surface area contributed by atoms with Gasteiger partial charge in [-0.05, 0) is 57.7 Å². The van der Waals surface area contributed by atoms with Gasteiger partial charge in [-0.3, -0.25) is 14.5 Å². The Kier molecular flexibility index (Phi) is 10.7. The van der Waals surface area contributed by atoms with Gasteiger partial charge in [0.15, 0.2) is 0 Å².